The van der Waals surface area contributed by atoms with Crippen LogP contribution < -0.4 is 5.73 Å². The van der Waals surface area contributed by atoms with Crippen molar-refractivity contribution in [2.45, 2.75) is 57.6 Å². The van der Waals surface area contributed by atoms with Gasteiger partial charge >= 0.3 is 6.09 Å². The van der Waals surface area contributed by atoms with Gasteiger partial charge in [-0.15, -0.1) is 0 Å². The van der Waals surface area contributed by atoms with Crippen molar-refractivity contribution in [3.63, 3.8) is 0 Å². The molecule has 2 aliphatic rings. The van der Waals surface area contributed by atoms with Crippen LogP contribution in [0.3, 0.4) is 0 Å². The van der Waals surface area contributed by atoms with E-state index in [-0.39, 0.29) is 12.2 Å². The molecule has 1 aromatic heterocycles. The third-order valence-corrected chi connectivity index (χ3v) is 6.42. The van der Waals surface area contributed by atoms with Crippen LogP contribution in [0.1, 0.15) is 61.3 Å². The summed E-state index contributed by atoms with van der Waals surface area (Å²) >= 11 is 0. The fourth-order valence-corrected chi connectivity index (χ4v) is 4.24. The van der Waals surface area contributed by atoms with Gasteiger partial charge in [0.1, 0.15) is 6.10 Å². The highest BCUT2D eigenvalue weighted by Gasteiger charge is 2.27. The molecule has 1 atom stereocenters. The number of hydrogen-bond acceptors (Lipinski definition) is 4. The number of nitrogens with zero attached hydrogens (tertiary/aromatic N) is 5. The Labute approximate surface area is 194 Å². The molecule has 2 heterocycles. The number of amides is 1. The van der Waals surface area contributed by atoms with Crippen LogP contribution in [0.2, 0.25) is 0 Å². The van der Waals surface area contributed by atoms with Crippen molar-refractivity contribution in [2.24, 2.45) is 15.7 Å². The first-order valence-corrected chi connectivity index (χ1v) is 11.5. The van der Waals surface area contributed by atoms with Gasteiger partial charge in [0.25, 0.3) is 0 Å². The van der Waals surface area contributed by atoms with Gasteiger partial charge in [0.2, 0.25) is 0 Å². The molecular weight excluding hydrogens is 416 g/mol. The maximum absolute atomic E-state index is 12.4. The number of nitrogens with two attached hydrogens (primary N) is 1. The third-order valence-electron chi connectivity index (χ3n) is 6.42. The van der Waals surface area contributed by atoms with Gasteiger partial charge in [-0.1, -0.05) is 0 Å². The smallest absolute Gasteiger partial charge is 0.410 e. The van der Waals surface area contributed by atoms with E-state index in [1.54, 1.807) is 12.1 Å². The highest BCUT2D eigenvalue weighted by molar-refractivity contribution is 6.04. The molecule has 2 fully saturated rings. The summed E-state index contributed by atoms with van der Waals surface area (Å²) in [7, 11) is 0. The Balaban J connectivity index is 1.46. The number of benzene rings is 1. The van der Waals surface area contributed by atoms with Gasteiger partial charge in [-0.05, 0) is 75.3 Å². The highest BCUT2D eigenvalue weighted by atomic mass is 16.6. The normalized spacial score (nSPS) is 19.7. The zero-order valence-electron chi connectivity index (χ0n) is 19.0. The minimum atomic E-state index is -0.168. The van der Waals surface area contributed by atoms with Crippen molar-refractivity contribution in [3.8, 4) is 6.07 Å². The Morgan fingerprint density at radius 3 is 2.76 bits per heavy atom. The molecule has 0 radical (unpaired) electrons. The van der Waals surface area contributed by atoms with Crippen LogP contribution in [0.15, 0.2) is 46.6 Å². The molecule has 0 spiro atoms. The molecule has 8 nitrogen and oxygen atoms in total. The zero-order valence-corrected chi connectivity index (χ0v) is 19.0. The lowest BCUT2D eigenvalue weighted by atomic mass is 9.96. The number of carbonyl (C=O) groups is 1. The maximum atomic E-state index is 12.4. The number of aliphatic imine (C=N–C) groups is 2. The number of likely N-dealkylation sites (tertiary alicyclic amines) is 1. The molecule has 1 saturated carbocycles. The Hall–Kier alpha value is -3.60. The molecule has 1 saturated heterocycles. The standard InChI is InChI=1S/C25H30N6O2/c1-18-14-19(15-26)7-8-23(18)29-24(28-17-27)20-9-12-31(16-20)21-4-3-11-30(13-10-21)25(32)33-22-5-2-6-22/h7-9,12,14,16-17,21-22H,2-6,10-11,13H2,1H3,(H2,27,28,29). The summed E-state index contributed by atoms with van der Waals surface area (Å²) < 4.78 is 7.77. The minimum absolute atomic E-state index is 0.115. The number of hydrogen-bond donors (Lipinski definition) is 1. The van der Waals surface area contributed by atoms with Gasteiger partial charge in [0.15, 0.2) is 5.84 Å². The number of ether oxygens (including phenoxy) is 1. The maximum Gasteiger partial charge on any atom is 0.410 e. The number of rotatable bonds is 4. The first kappa shape index (κ1) is 22.6. The SMILES string of the molecule is Cc1cc(C#N)ccc1N=C(N=CN)c1ccn(C2CCCN(C(=O)OC3CCC3)CC2)c1. The summed E-state index contributed by atoms with van der Waals surface area (Å²) in [5, 5.41) is 9.09. The molecule has 33 heavy (non-hydrogen) atoms. The van der Waals surface area contributed by atoms with E-state index < -0.39 is 0 Å². The third kappa shape index (κ3) is 5.43. The van der Waals surface area contributed by atoms with Crippen LogP contribution in [-0.4, -0.2) is 46.9 Å². The van der Waals surface area contributed by atoms with Crippen LogP contribution in [0.5, 0.6) is 0 Å². The predicted molar refractivity (Wildman–Crippen MR) is 128 cm³/mol. The number of amidine groups is 1. The lowest BCUT2D eigenvalue weighted by Gasteiger charge is -2.29. The zero-order chi connectivity index (χ0) is 23.2. The van der Waals surface area contributed by atoms with E-state index in [4.69, 9.17) is 20.7 Å². The molecule has 0 bridgehead atoms. The summed E-state index contributed by atoms with van der Waals surface area (Å²) in [6.07, 6.45) is 11.2. The Kier molecular flexibility index (Phi) is 7.08. The van der Waals surface area contributed by atoms with E-state index >= 15 is 0 Å². The first-order valence-electron chi connectivity index (χ1n) is 11.5. The van der Waals surface area contributed by atoms with Crippen molar-refractivity contribution >= 4 is 24.0 Å². The summed E-state index contributed by atoms with van der Waals surface area (Å²) in [5.41, 5.74) is 8.71. The number of aromatic nitrogens is 1. The van der Waals surface area contributed by atoms with Gasteiger partial charge in [-0.2, -0.15) is 5.26 Å². The molecule has 1 aliphatic heterocycles. The van der Waals surface area contributed by atoms with E-state index in [2.05, 4.69) is 15.6 Å². The second kappa shape index (κ2) is 10.3. The molecule has 1 aromatic carbocycles. The van der Waals surface area contributed by atoms with E-state index in [9.17, 15) is 4.79 Å². The summed E-state index contributed by atoms with van der Waals surface area (Å²) in [6, 6.07) is 9.79. The lowest BCUT2D eigenvalue weighted by Crippen LogP contribution is -2.37. The van der Waals surface area contributed by atoms with E-state index in [1.807, 2.05) is 36.4 Å². The van der Waals surface area contributed by atoms with Crippen molar-refractivity contribution < 1.29 is 9.53 Å². The average Bonchev–Trinajstić information content (AvgIpc) is 3.14. The van der Waals surface area contributed by atoms with Gasteiger partial charge in [0, 0.05) is 37.1 Å². The Morgan fingerprint density at radius 2 is 2.06 bits per heavy atom. The highest BCUT2D eigenvalue weighted by Crippen LogP contribution is 2.27. The topological polar surface area (TPSA) is 109 Å². The molecule has 1 unspecified atom stereocenters. The number of carbonyl (C=O) groups excluding carboxylic acids is 1. The van der Waals surface area contributed by atoms with Crippen LogP contribution in [-0.2, 0) is 4.74 Å². The quantitative estimate of drug-likeness (QED) is 0.553. The first-order chi connectivity index (χ1) is 16.1. The molecule has 2 aromatic rings. The van der Waals surface area contributed by atoms with Crippen LogP contribution >= 0.6 is 0 Å². The van der Waals surface area contributed by atoms with Gasteiger partial charge in [-0.3, -0.25) is 0 Å². The summed E-state index contributed by atoms with van der Waals surface area (Å²) in [6.45, 7) is 3.34. The van der Waals surface area contributed by atoms with E-state index in [0.29, 0.717) is 24.0 Å². The monoisotopic (exact) mass is 446 g/mol. The van der Waals surface area contributed by atoms with Crippen LogP contribution in [0.4, 0.5) is 10.5 Å². The van der Waals surface area contributed by atoms with Crippen molar-refractivity contribution in [2.75, 3.05) is 13.1 Å². The van der Waals surface area contributed by atoms with E-state index in [0.717, 1.165) is 61.9 Å². The summed E-state index contributed by atoms with van der Waals surface area (Å²) in [5.74, 6) is 0.517. The fraction of sp³-hybridized carbons (Fsp3) is 0.440. The molecule has 2 N–H and O–H groups in total. The lowest BCUT2D eigenvalue weighted by molar-refractivity contribution is 0.0273. The van der Waals surface area contributed by atoms with Gasteiger partial charge < -0.3 is 19.9 Å². The largest absolute Gasteiger partial charge is 0.446 e. The minimum Gasteiger partial charge on any atom is -0.446 e. The van der Waals surface area contributed by atoms with Crippen LogP contribution in [0, 0.1) is 18.3 Å². The molecule has 1 aliphatic carbocycles. The number of nitriles is 1. The molecular formula is C25H30N6O2. The number of aryl methyl sites for hydroxylation is 1. The van der Waals surface area contributed by atoms with Gasteiger partial charge in [-0.25, -0.2) is 14.8 Å². The predicted octanol–water partition coefficient (Wildman–Crippen LogP) is 4.45. The van der Waals surface area contributed by atoms with E-state index in [1.165, 1.54) is 6.34 Å². The Morgan fingerprint density at radius 1 is 1.21 bits per heavy atom. The van der Waals surface area contributed by atoms with Crippen molar-refractivity contribution in [3.05, 3.63) is 53.3 Å². The molecule has 8 heteroatoms. The fourth-order valence-electron chi connectivity index (χ4n) is 4.24. The molecule has 172 valence electrons. The summed E-state index contributed by atoms with van der Waals surface area (Å²) in [4.78, 5) is 23.3. The second-order valence-corrected chi connectivity index (χ2v) is 8.68. The second-order valence-electron chi connectivity index (χ2n) is 8.68. The van der Waals surface area contributed by atoms with Crippen molar-refractivity contribution in [1.29, 1.82) is 5.26 Å². The Bertz CT molecular complexity index is 1090. The van der Waals surface area contributed by atoms with Gasteiger partial charge in [0.05, 0.1) is 23.7 Å². The molecule has 1 amide bonds. The van der Waals surface area contributed by atoms with Crippen LogP contribution in [0.25, 0.3) is 0 Å². The van der Waals surface area contributed by atoms with Crippen molar-refractivity contribution in [1.82, 2.24) is 9.47 Å². The average molecular weight is 447 g/mol. The molecule has 4 rings (SSSR count).